The molecule has 0 bridgehead atoms. The van der Waals surface area contributed by atoms with Crippen molar-refractivity contribution in [3.8, 4) is 5.75 Å². The zero-order valence-corrected chi connectivity index (χ0v) is 14.4. The lowest BCUT2D eigenvalue weighted by Crippen LogP contribution is -2.34. The summed E-state index contributed by atoms with van der Waals surface area (Å²) in [6.45, 7) is 3.01. The minimum Gasteiger partial charge on any atom is -0.484 e. The van der Waals surface area contributed by atoms with E-state index < -0.39 is 0 Å². The first-order chi connectivity index (χ1) is 12.6. The van der Waals surface area contributed by atoms with Crippen LogP contribution in [0.25, 0.3) is 11.2 Å². The molecule has 134 valence electrons. The molecule has 8 heteroatoms. The second kappa shape index (κ2) is 6.62. The van der Waals surface area contributed by atoms with E-state index in [1.807, 2.05) is 31.2 Å². The molecule has 0 aliphatic carbocycles. The quantitative estimate of drug-likeness (QED) is 0.763. The van der Waals surface area contributed by atoms with Gasteiger partial charge in [-0.2, -0.15) is 0 Å². The van der Waals surface area contributed by atoms with Gasteiger partial charge in [0.2, 0.25) is 0 Å². The van der Waals surface area contributed by atoms with Gasteiger partial charge in [0.15, 0.2) is 12.3 Å². The van der Waals surface area contributed by atoms with Gasteiger partial charge in [-0.15, -0.1) is 0 Å². The molecule has 0 saturated carbocycles. The number of ether oxygens (including phenoxy) is 1. The highest BCUT2D eigenvalue weighted by atomic mass is 16.5. The Morgan fingerprint density at radius 1 is 1.42 bits per heavy atom. The predicted molar refractivity (Wildman–Crippen MR) is 95.1 cm³/mol. The molecule has 1 aliphatic heterocycles. The fourth-order valence-electron chi connectivity index (χ4n) is 3.33. The number of benzene rings is 1. The number of hydrogen-bond acceptors (Lipinski definition) is 5. The molecule has 1 fully saturated rings. The summed E-state index contributed by atoms with van der Waals surface area (Å²) in [6, 6.07) is 7.49. The van der Waals surface area contributed by atoms with E-state index >= 15 is 0 Å². The molecule has 0 unspecified atom stereocenters. The lowest BCUT2D eigenvalue weighted by Gasteiger charge is -2.17. The monoisotopic (exact) mass is 353 g/mol. The third-order valence-electron chi connectivity index (χ3n) is 4.61. The van der Waals surface area contributed by atoms with Gasteiger partial charge in [-0.25, -0.2) is 14.8 Å². The van der Waals surface area contributed by atoms with Gasteiger partial charge in [0, 0.05) is 13.1 Å². The van der Waals surface area contributed by atoms with Crippen molar-refractivity contribution in [1.29, 1.82) is 0 Å². The highest BCUT2D eigenvalue weighted by Crippen LogP contribution is 2.23. The maximum absolute atomic E-state index is 12.4. The average molecular weight is 353 g/mol. The van der Waals surface area contributed by atoms with Gasteiger partial charge in [0.25, 0.3) is 5.91 Å². The van der Waals surface area contributed by atoms with Gasteiger partial charge < -0.3 is 14.6 Å². The summed E-state index contributed by atoms with van der Waals surface area (Å²) >= 11 is 0. The third-order valence-corrected chi connectivity index (χ3v) is 4.61. The van der Waals surface area contributed by atoms with E-state index in [0.29, 0.717) is 36.4 Å². The predicted octanol–water partition coefficient (Wildman–Crippen LogP) is 1.28. The van der Waals surface area contributed by atoms with Gasteiger partial charge in [-0.05, 0) is 31.0 Å². The minimum atomic E-state index is -0.226. The van der Waals surface area contributed by atoms with Crippen molar-refractivity contribution < 1.29 is 9.53 Å². The Morgan fingerprint density at radius 3 is 3.15 bits per heavy atom. The summed E-state index contributed by atoms with van der Waals surface area (Å²) in [5.74, 6) is 0.593. The van der Waals surface area contributed by atoms with Crippen molar-refractivity contribution >= 4 is 17.1 Å². The molecular weight excluding hydrogens is 334 g/mol. The summed E-state index contributed by atoms with van der Waals surface area (Å²) in [5.41, 5.74) is 2.03. The lowest BCUT2D eigenvalue weighted by atomic mass is 10.2. The van der Waals surface area contributed by atoms with E-state index in [4.69, 9.17) is 4.74 Å². The molecule has 0 radical (unpaired) electrons. The topological polar surface area (TPSA) is 93.1 Å². The second-order valence-electron chi connectivity index (χ2n) is 6.45. The Bertz CT molecular complexity index is 1010. The smallest absolute Gasteiger partial charge is 0.328 e. The van der Waals surface area contributed by atoms with Gasteiger partial charge in [0.05, 0.1) is 12.2 Å². The molecule has 1 atom stereocenters. The van der Waals surface area contributed by atoms with Crippen molar-refractivity contribution in [3.63, 3.8) is 0 Å². The van der Waals surface area contributed by atoms with Crippen molar-refractivity contribution in [1.82, 2.24) is 24.4 Å². The van der Waals surface area contributed by atoms with Gasteiger partial charge in [-0.3, -0.25) is 9.36 Å². The molecule has 26 heavy (non-hydrogen) atoms. The van der Waals surface area contributed by atoms with Crippen LogP contribution in [0.15, 0.2) is 41.6 Å². The van der Waals surface area contributed by atoms with Crippen LogP contribution in [0.5, 0.6) is 5.75 Å². The molecule has 1 amide bonds. The fraction of sp³-hybridized carbons (Fsp3) is 0.333. The van der Waals surface area contributed by atoms with E-state index in [2.05, 4.69) is 15.0 Å². The number of carbonyl (C=O) groups excluding carboxylic acids is 1. The number of amides is 1. The first-order valence-corrected chi connectivity index (χ1v) is 8.49. The molecule has 1 aliphatic rings. The second-order valence-corrected chi connectivity index (χ2v) is 6.45. The largest absolute Gasteiger partial charge is 0.484 e. The number of aryl methyl sites for hydroxylation is 1. The molecule has 8 nitrogen and oxygen atoms in total. The summed E-state index contributed by atoms with van der Waals surface area (Å²) in [6.07, 6.45) is 3.69. The van der Waals surface area contributed by atoms with E-state index in [9.17, 15) is 9.59 Å². The molecule has 1 saturated heterocycles. The van der Waals surface area contributed by atoms with Crippen LogP contribution in [-0.4, -0.2) is 50.0 Å². The number of H-pyrrole nitrogens is 1. The number of carbonyl (C=O) groups is 1. The summed E-state index contributed by atoms with van der Waals surface area (Å²) in [5, 5.41) is 0. The summed E-state index contributed by atoms with van der Waals surface area (Å²) in [7, 11) is 0. The minimum absolute atomic E-state index is 0.0128. The van der Waals surface area contributed by atoms with E-state index in [1.165, 1.54) is 6.33 Å². The van der Waals surface area contributed by atoms with E-state index in [0.717, 1.165) is 5.56 Å². The highest BCUT2D eigenvalue weighted by molar-refractivity contribution is 5.78. The van der Waals surface area contributed by atoms with E-state index in [1.54, 1.807) is 15.7 Å². The van der Waals surface area contributed by atoms with Crippen LogP contribution >= 0.6 is 0 Å². The number of aromatic nitrogens is 4. The Morgan fingerprint density at radius 2 is 2.31 bits per heavy atom. The van der Waals surface area contributed by atoms with Crippen LogP contribution in [0.2, 0.25) is 0 Å². The average Bonchev–Trinajstić information content (AvgIpc) is 3.23. The molecule has 2 aromatic heterocycles. The Balaban J connectivity index is 1.44. The van der Waals surface area contributed by atoms with Gasteiger partial charge in [0.1, 0.15) is 17.6 Å². The number of rotatable bonds is 4. The SMILES string of the molecule is Cc1cccc(OCC(=O)N2CC[C@@H](n3c(=O)[nH]c4cncnc43)C2)c1. The van der Waals surface area contributed by atoms with Gasteiger partial charge in [-0.1, -0.05) is 12.1 Å². The molecule has 3 heterocycles. The van der Waals surface area contributed by atoms with Crippen LogP contribution < -0.4 is 10.4 Å². The van der Waals surface area contributed by atoms with Crippen LogP contribution in [0.3, 0.4) is 0 Å². The maximum Gasteiger partial charge on any atom is 0.328 e. The normalized spacial score (nSPS) is 17.0. The zero-order chi connectivity index (χ0) is 18.1. The highest BCUT2D eigenvalue weighted by Gasteiger charge is 2.30. The molecular formula is C18H19N5O3. The first kappa shape index (κ1) is 16.3. The number of hydrogen-bond donors (Lipinski definition) is 1. The standard InChI is InChI=1S/C18H19N5O3/c1-12-3-2-4-14(7-12)26-10-16(24)22-6-5-13(9-22)23-17-15(21-18(23)25)8-19-11-20-17/h2-4,7-8,11,13H,5-6,9-10H2,1H3,(H,21,25)/t13-/m1/s1. The number of nitrogens with one attached hydrogen (secondary N) is 1. The lowest BCUT2D eigenvalue weighted by molar-refractivity contribution is -0.132. The van der Waals surface area contributed by atoms with Crippen molar-refractivity contribution in [2.75, 3.05) is 19.7 Å². The Kier molecular flexibility index (Phi) is 4.16. The molecule has 3 aromatic rings. The number of imidazole rings is 1. The number of fused-ring (bicyclic) bond motifs is 1. The Labute approximate surface area is 149 Å². The summed E-state index contributed by atoms with van der Waals surface area (Å²) in [4.78, 5) is 37.3. The van der Waals surface area contributed by atoms with Crippen LogP contribution in [0.1, 0.15) is 18.0 Å². The van der Waals surface area contributed by atoms with E-state index in [-0.39, 0.29) is 24.2 Å². The number of likely N-dealkylation sites (tertiary alicyclic amines) is 1. The molecule has 4 rings (SSSR count). The molecule has 0 spiro atoms. The molecule has 1 N–H and O–H groups in total. The van der Waals surface area contributed by atoms with Crippen LogP contribution in [0, 0.1) is 6.92 Å². The van der Waals surface area contributed by atoms with Crippen molar-refractivity contribution in [2.24, 2.45) is 0 Å². The Hall–Kier alpha value is -3.16. The zero-order valence-electron chi connectivity index (χ0n) is 14.4. The van der Waals surface area contributed by atoms with Crippen molar-refractivity contribution in [2.45, 2.75) is 19.4 Å². The van der Waals surface area contributed by atoms with Crippen molar-refractivity contribution in [3.05, 3.63) is 52.8 Å². The van der Waals surface area contributed by atoms with Crippen LogP contribution in [0.4, 0.5) is 0 Å². The first-order valence-electron chi connectivity index (χ1n) is 8.49. The molecule has 1 aromatic carbocycles. The number of nitrogens with zero attached hydrogens (tertiary/aromatic N) is 4. The third kappa shape index (κ3) is 3.05. The maximum atomic E-state index is 12.4. The number of aromatic amines is 1. The van der Waals surface area contributed by atoms with Gasteiger partial charge >= 0.3 is 5.69 Å². The summed E-state index contributed by atoms with van der Waals surface area (Å²) < 4.78 is 7.21. The fourth-order valence-corrected chi connectivity index (χ4v) is 3.33. The van der Waals surface area contributed by atoms with Crippen LogP contribution in [-0.2, 0) is 4.79 Å².